The second kappa shape index (κ2) is 37.2. The average molecular weight is 369 g/mol. The van der Waals surface area contributed by atoms with Crippen molar-refractivity contribution >= 4 is 30.4 Å². The summed E-state index contributed by atoms with van der Waals surface area (Å²) in [6.45, 7) is -0.139. The monoisotopic (exact) mass is 367 g/mol. The van der Waals surface area contributed by atoms with Gasteiger partial charge in [-0.3, -0.25) is 4.79 Å². The van der Waals surface area contributed by atoms with Crippen molar-refractivity contribution in [3.05, 3.63) is 0 Å². The maximum absolute atomic E-state index is 9.05. The summed E-state index contributed by atoms with van der Waals surface area (Å²) in [5.74, 6) is -0.833. The van der Waals surface area contributed by atoms with Crippen molar-refractivity contribution in [1.29, 1.82) is 0 Å². The first kappa shape index (κ1) is 29.3. The molecule has 81 valence electrons. The largest absolute Gasteiger partial charge is 2.00 e. The summed E-state index contributed by atoms with van der Waals surface area (Å²) < 4.78 is 0. The van der Waals surface area contributed by atoms with E-state index in [1.54, 1.807) is 0 Å². The molecule has 0 bridgehead atoms. The van der Waals surface area contributed by atoms with Crippen LogP contribution in [0, 0.1) is 0 Å². The Labute approximate surface area is 113 Å². The number of hydrogen-bond acceptors (Lipinski definition) is 5. The van der Waals surface area contributed by atoms with E-state index in [1.165, 1.54) is 0 Å². The van der Waals surface area contributed by atoms with Crippen LogP contribution in [-0.4, -0.2) is 72.1 Å². The fourth-order valence-corrected chi connectivity index (χ4v) is 0. The van der Waals surface area contributed by atoms with Crippen molar-refractivity contribution in [2.24, 2.45) is 0 Å². The number of rotatable bonds is 2. The van der Waals surface area contributed by atoms with Gasteiger partial charge in [-0.05, 0) is 0 Å². The van der Waals surface area contributed by atoms with Crippen molar-refractivity contribution in [2.75, 3.05) is 26.4 Å². The van der Waals surface area contributed by atoms with Crippen LogP contribution in [-0.2, 0) is 24.3 Å². The molecule has 0 aromatic heterocycles. The van der Waals surface area contributed by atoms with Gasteiger partial charge in [0.05, 0.1) is 0 Å². The van der Waals surface area contributed by atoms with Crippen molar-refractivity contribution in [3.8, 4) is 0 Å². The molecule has 0 saturated heterocycles. The van der Waals surface area contributed by atoms with Crippen LogP contribution in [0.1, 0.15) is 6.92 Å². The van der Waals surface area contributed by atoms with Gasteiger partial charge < -0.3 is 25.5 Å². The maximum Gasteiger partial charge on any atom is 2.00 e. The van der Waals surface area contributed by atoms with Gasteiger partial charge in [0.2, 0.25) is 0 Å². The van der Waals surface area contributed by atoms with E-state index in [9.17, 15) is 0 Å². The molecule has 0 atom stereocenters. The zero-order chi connectivity index (χ0) is 10.4. The van der Waals surface area contributed by atoms with Gasteiger partial charge in [-0.2, -0.15) is 0 Å². The van der Waals surface area contributed by atoms with E-state index in [2.05, 4.69) is 0 Å². The standard InChI is InChI=1S/C2H4O2.2C2H5O2.Sb.Zn/c1-2(3)4;2*3-1-2-4;;/h1H3,(H,3,4);2*3H,1-2H2;;/q;2*-1;;+2. The topological polar surface area (TPSA) is 124 Å². The molecule has 0 saturated carbocycles. The quantitative estimate of drug-likeness (QED) is 0.432. The Morgan fingerprint density at radius 1 is 1.14 bits per heavy atom. The van der Waals surface area contributed by atoms with Gasteiger partial charge in [0.1, 0.15) is 0 Å². The second-order valence-electron chi connectivity index (χ2n) is 1.37. The summed E-state index contributed by atoms with van der Waals surface area (Å²) in [5, 5.41) is 40.6. The van der Waals surface area contributed by atoms with Gasteiger partial charge in [-0.15, -0.1) is 13.2 Å². The van der Waals surface area contributed by atoms with Crippen LogP contribution in [0.4, 0.5) is 0 Å². The second-order valence-corrected chi connectivity index (χ2v) is 1.37. The Kier molecular flexibility index (Phi) is 78.0. The maximum atomic E-state index is 9.05. The third-order valence-corrected chi connectivity index (χ3v) is 0.183. The number of carboxylic acids is 1. The minimum absolute atomic E-state index is 0. The summed E-state index contributed by atoms with van der Waals surface area (Å²) in [5.41, 5.74) is 0. The average Bonchev–Trinajstić information content (AvgIpc) is 2.03. The number of carbonyl (C=O) groups is 1. The van der Waals surface area contributed by atoms with E-state index in [1.807, 2.05) is 0 Å². The minimum Gasteiger partial charge on any atom is -0.853 e. The zero-order valence-corrected chi connectivity index (χ0v) is 13.6. The molecule has 6 nitrogen and oxygen atoms in total. The Balaban J connectivity index is -0.0000000270. The molecular formula is C6H14O6SbZn. The van der Waals surface area contributed by atoms with Crippen LogP contribution in [0.5, 0.6) is 0 Å². The summed E-state index contributed by atoms with van der Waals surface area (Å²) >= 11 is 0. The molecule has 0 fully saturated rings. The van der Waals surface area contributed by atoms with Crippen LogP contribution in [0.3, 0.4) is 0 Å². The SMILES string of the molecule is CC(=O)O.[O-]CCO.[O-]CCO.[Sb].[Zn+2]. The molecule has 0 amide bonds. The van der Waals surface area contributed by atoms with Crippen LogP contribution in [0.15, 0.2) is 0 Å². The summed E-state index contributed by atoms with van der Waals surface area (Å²) in [4.78, 5) is 9.00. The third-order valence-electron chi connectivity index (χ3n) is 0.183. The normalized spacial score (nSPS) is 6.07. The number of hydrogen-bond donors (Lipinski definition) is 3. The molecule has 0 aliphatic heterocycles. The van der Waals surface area contributed by atoms with Gasteiger partial charge in [0.15, 0.2) is 0 Å². The molecule has 0 rings (SSSR count). The molecule has 0 unspecified atom stereocenters. The van der Waals surface area contributed by atoms with Gasteiger partial charge in [0, 0.05) is 44.6 Å². The van der Waals surface area contributed by atoms with E-state index in [0.29, 0.717) is 0 Å². The van der Waals surface area contributed by atoms with Gasteiger partial charge in [-0.25, -0.2) is 0 Å². The molecule has 14 heavy (non-hydrogen) atoms. The Bertz CT molecular complexity index is 72.7. The number of aliphatic hydroxyl groups is 2. The molecule has 0 spiro atoms. The van der Waals surface area contributed by atoms with Crippen LogP contribution in [0.2, 0.25) is 0 Å². The molecule has 0 aliphatic rings. The number of aliphatic hydroxyl groups excluding tert-OH is 2. The molecular weight excluding hydrogens is 355 g/mol. The van der Waals surface area contributed by atoms with Gasteiger partial charge >= 0.3 is 19.5 Å². The van der Waals surface area contributed by atoms with E-state index >= 15 is 0 Å². The summed E-state index contributed by atoms with van der Waals surface area (Å²) in [6.07, 6.45) is 0. The predicted octanol–water partition coefficient (Wildman–Crippen LogP) is -3.61. The zero-order valence-electron chi connectivity index (χ0n) is 8.05. The minimum atomic E-state index is -0.833. The first-order valence-corrected chi connectivity index (χ1v) is 3.14. The fourth-order valence-electron chi connectivity index (χ4n) is 0. The van der Waals surface area contributed by atoms with Crippen molar-refractivity contribution in [3.63, 3.8) is 0 Å². The fraction of sp³-hybridized carbons (Fsp3) is 0.833. The first-order valence-electron chi connectivity index (χ1n) is 3.14. The van der Waals surface area contributed by atoms with Crippen LogP contribution in [0.25, 0.3) is 0 Å². The Morgan fingerprint density at radius 2 is 1.21 bits per heavy atom. The number of aliphatic carboxylic acids is 1. The third kappa shape index (κ3) is 233. The molecule has 3 N–H and O–H groups in total. The van der Waals surface area contributed by atoms with Crippen LogP contribution < -0.4 is 10.2 Å². The Hall–Kier alpha value is 0.752. The van der Waals surface area contributed by atoms with Crippen molar-refractivity contribution < 1.29 is 49.8 Å². The Morgan fingerprint density at radius 3 is 1.21 bits per heavy atom. The van der Waals surface area contributed by atoms with Crippen LogP contribution >= 0.6 is 0 Å². The molecule has 0 aromatic rings. The first-order chi connectivity index (χ1) is 5.56. The number of carboxylic acid groups (broad SMARTS) is 1. The van der Waals surface area contributed by atoms with E-state index < -0.39 is 5.97 Å². The van der Waals surface area contributed by atoms with Crippen molar-refractivity contribution in [1.82, 2.24) is 0 Å². The predicted molar refractivity (Wildman–Crippen MR) is 43.0 cm³/mol. The summed E-state index contributed by atoms with van der Waals surface area (Å²) in [6, 6.07) is 0. The smallest absolute Gasteiger partial charge is 0.853 e. The van der Waals surface area contributed by atoms with E-state index in [4.69, 9.17) is 30.3 Å². The molecule has 3 radical (unpaired) electrons. The molecule has 0 heterocycles. The molecule has 0 aromatic carbocycles. The van der Waals surface area contributed by atoms with Crippen molar-refractivity contribution in [2.45, 2.75) is 6.92 Å². The summed E-state index contributed by atoms with van der Waals surface area (Å²) in [7, 11) is 0. The molecule has 0 aliphatic carbocycles. The van der Waals surface area contributed by atoms with E-state index in [-0.39, 0.29) is 70.3 Å². The van der Waals surface area contributed by atoms with Gasteiger partial charge in [-0.1, -0.05) is 0 Å². The molecule has 8 heteroatoms. The van der Waals surface area contributed by atoms with Gasteiger partial charge in [0.25, 0.3) is 5.97 Å². The van der Waals surface area contributed by atoms with E-state index in [0.717, 1.165) is 6.92 Å².